The van der Waals surface area contributed by atoms with Gasteiger partial charge in [0.2, 0.25) is 0 Å². The average Bonchev–Trinajstić information content (AvgIpc) is 2.30. The number of carboxylic acid groups (broad SMARTS) is 1. The van der Waals surface area contributed by atoms with E-state index in [2.05, 4.69) is 11.8 Å². The topological polar surface area (TPSA) is 40.5 Å². The van der Waals surface area contributed by atoms with Crippen molar-refractivity contribution in [3.63, 3.8) is 0 Å². The highest BCUT2D eigenvalue weighted by atomic mass is 16.4. The van der Waals surface area contributed by atoms with Gasteiger partial charge in [-0.3, -0.25) is 9.69 Å². The van der Waals surface area contributed by atoms with Crippen LogP contribution < -0.4 is 0 Å². The van der Waals surface area contributed by atoms with Gasteiger partial charge in [0.25, 0.3) is 0 Å². The first-order chi connectivity index (χ1) is 7.70. The van der Waals surface area contributed by atoms with Crippen molar-refractivity contribution in [3.05, 3.63) is 0 Å². The van der Waals surface area contributed by atoms with Crippen LogP contribution in [0.1, 0.15) is 51.9 Å². The zero-order chi connectivity index (χ0) is 11.5. The van der Waals surface area contributed by atoms with Crippen molar-refractivity contribution < 1.29 is 9.90 Å². The Bertz CT molecular complexity index is 248. The van der Waals surface area contributed by atoms with E-state index in [9.17, 15) is 9.90 Å². The minimum absolute atomic E-state index is 0.143. The van der Waals surface area contributed by atoms with Crippen molar-refractivity contribution in [1.29, 1.82) is 0 Å². The van der Waals surface area contributed by atoms with Gasteiger partial charge in [0.05, 0.1) is 5.92 Å². The van der Waals surface area contributed by atoms with E-state index in [1.807, 2.05) is 0 Å². The predicted octanol–water partition coefficient (Wildman–Crippen LogP) is 2.50. The quantitative estimate of drug-likeness (QED) is 0.785. The molecule has 0 aromatic carbocycles. The Morgan fingerprint density at radius 1 is 1.12 bits per heavy atom. The zero-order valence-electron chi connectivity index (χ0n) is 10.2. The summed E-state index contributed by atoms with van der Waals surface area (Å²) < 4.78 is 0. The molecule has 3 heteroatoms. The molecule has 1 aliphatic carbocycles. The number of hydrogen-bond acceptors (Lipinski definition) is 2. The smallest absolute Gasteiger partial charge is 0.308 e. The van der Waals surface area contributed by atoms with Crippen LogP contribution in [0.5, 0.6) is 0 Å². The molecule has 1 N–H and O–H groups in total. The highest BCUT2D eigenvalue weighted by Gasteiger charge is 2.36. The lowest BCUT2D eigenvalue weighted by Crippen LogP contribution is -2.51. The molecule has 0 bridgehead atoms. The summed E-state index contributed by atoms with van der Waals surface area (Å²) in [5.41, 5.74) is 0. The SMILES string of the molecule is C[C@@H]1[C@@H](C(=O)O)CCCN1C1CCCCC1. The molecular weight excluding hydrogens is 202 g/mol. The fourth-order valence-electron chi connectivity index (χ4n) is 3.43. The van der Waals surface area contributed by atoms with Gasteiger partial charge in [0.1, 0.15) is 0 Å². The number of carbonyl (C=O) groups is 1. The monoisotopic (exact) mass is 225 g/mol. The predicted molar refractivity (Wildman–Crippen MR) is 63.4 cm³/mol. The lowest BCUT2D eigenvalue weighted by Gasteiger charge is -2.43. The van der Waals surface area contributed by atoms with Crippen LogP contribution in [0.4, 0.5) is 0 Å². The summed E-state index contributed by atoms with van der Waals surface area (Å²) in [5.74, 6) is -0.747. The molecular formula is C13H23NO2. The van der Waals surface area contributed by atoms with Crippen molar-refractivity contribution in [2.75, 3.05) is 6.54 Å². The Morgan fingerprint density at radius 2 is 1.81 bits per heavy atom. The summed E-state index contributed by atoms with van der Waals surface area (Å²) in [6.07, 6.45) is 8.48. The third kappa shape index (κ3) is 2.40. The van der Waals surface area contributed by atoms with Gasteiger partial charge in [-0.15, -0.1) is 0 Å². The molecule has 0 spiro atoms. The molecule has 2 aliphatic rings. The molecule has 0 aromatic rings. The first-order valence-corrected chi connectivity index (χ1v) is 6.68. The maximum absolute atomic E-state index is 11.2. The van der Waals surface area contributed by atoms with Gasteiger partial charge in [-0.2, -0.15) is 0 Å². The number of rotatable bonds is 2. The molecule has 92 valence electrons. The number of hydrogen-bond donors (Lipinski definition) is 1. The Labute approximate surface area is 97.8 Å². The van der Waals surface area contributed by atoms with Gasteiger partial charge < -0.3 is 5.11 Å². The van der Waals surface area contributed by atoms with Gasteiger partial charge in [0, 0.05) is 12.1 Å². The van der Waals surface area contributed by atoms with Crippen LogP contribution in [-0.4, -0.2) is 34.6 Å². The van der Waals surface area contributed by atoms with E-state index in [0.717, 1.165) is 19.4 Å². The van der Waals surface area contributed by atoms with Gasteiger partial charge in [-0.1, -0.05) is 19.3 Å². The molecule has 1 aliphatic heterocycles. The van der Waals surface area contributed by atoms with Gasteiger partial charge >= 0.3 is 5.97 Å². The number of nitrogens with zero attached hydrogens (tertiary/aromatic N) is 1. The lowest BCUT2D eigenvalue weighted by atomic mass is 9.85. The second-order valence-corrected chi connectivity index (χ2v) is 5.36. The second kappa shape index (κ2) is 5.17. The highest BCUT2D eigenvalue weighted by molar-refractivity contribution is 5.71. The first-order valence-electron chi connectivity index (χ1n) is 6.68. The van der Waals surface area contributed by atoms with E-state index in [0.29, 0.717) is 6.04 Å². The molecule has 2 atom stereocenters. The molecule has 0 aromatic heterocycles. The van der Waals surface area contributed by atoms with E-state index in [1.54, 1.807) is 0 Å². The van der Waals surface area contributed by atoms with Gasteiger partial charge in [0.15, 0.2) is 0 Å². The normalized spacial score (nSPS) is 33.8. The van der Waals surface area contributed by atoms with Crippen LogP contribution in [0.15, 0.2) is 0 Å². The van der Waals surface area contributed by atoms with Crippen LogP contribution in [0, 0.1) is 5.92 Å². The van der Waals surface area contributed by atoms with Gasteiger partial charge in [-0.05, 0) is 39.2 Å². The maximum Gasteiger partial charge on any atom is 0.308 e. The molecule has 1 heterocycles. The molecule has 0 amide bonds. The third-order valence-electron chi connectivity index (χ3n) is 4.40. The number of carboxylic acids is 1. The van der Waals surface area contributed by atoms with Crippen LogP contribution in [-0.2, 0) is 4.79 Å². The van der Waals surface area contributed by atoms with E-state index in [4.69, 9.17) is 0 Å². The molecule has 0 radical (unpaired) electrons. The Hall–Kier alpha value is -0.570. The largest absolute Gasteiger partial charge is 0.481 e. The summed E-state index contributed by atoms with van der Waals surface area (Å²) in [6.45, 7) is 3.21. The number of aliphatic carboxylic acids is 1. The van der Waals surface area contributed by atoms with Crippen molar-refractivity contribution in [2.24, 2.45) is 5.92 Å². The van der Waals surface area contributed by atoms with E-state index in [1.165, 1.54) is 32.1 Å². The van der Waals surface area contributed by atoms with Crippen LogP contribution >= 0.6 is 0 Å². The summed E-state index contributed by atoms with van der Waals surface area (Å²) >= 11 is 0. The molecule has 1 saturated carbocycles. The summed E-state index contributed by atoms with van der Waals surface area (Å²) in [4.78, 5) is 13.6. The maximum atomic E-state index is 11.2. The first kappa shape index (κ1) is 11.9. The van der Waals surface area contributed by atoms with Crippen molar-refractivity contribution in [1.82, 2.24) is 4.90 Å². The zero-order valence-corrected chi connectivity index (χ0v) is 10.2. The fraction of sp³-hybridized carbons (Fsp3) is 0.923. The fourth-order valence-corrected chi connectivity index (χ4v) is 3.43. The summed E-state index contributed by atoms with van der Waals surface area (Å²) in [5, 5.41) is 9.20. The van der Waals surface area contributed by atoms with Crippen molar-refractivity contribution >= 4 is 5.97 Å². The molecule has 16 heavy (non-hydrogen) atoms. The summed E-state index contributed by atoms with van der Waals surface area (Å²) in [6, 6.07) is 0.889. The minimum Gasteiger partial charge on any atom is -0.481 e. The van der Waals surface area contributed by atoms with Crippen molar-refractivity contribution in [3.8, 4) is 0 Å². The lowest BCUT2D eigenvalue weighted by molar-refractivity contribution is -0.146. The number of likely N-dealkylation sites (tertiary alicyclic amines) is 1. The average molecular weight is 225 g/mol. The van der Waals surface area contributed by atoms with E-state index in [-0.39, 0.29) is 12.0 Å². The second-order valence-electron chi connectivity index (χ2n) is 5.36. The van der Waals surface area contributed by atoms with Crippen molar-refractivity contribution in [2.45, 2.75) is 64.0 Å². The summed E-state index contributed by atoms with van der Waals surface area (Å²) in [7, 11) is 0. The molecule has 0 unspecified atom stereocenters. The Balaban J connectivity index is 2.00. The Morgan fingerprint density at radius 3 is 2.44 bits per heavy atom. The molecule has 2 rings (SSSR count). The Kier molecular flexibility index (Phi) is 3.85. The third-order valence-corrected chi connectivity index (χ3v) is 4.40. The van der Waals surface area contributed by atoms with E-state index < -0.39 is 5.97 Å². The molecule has 3 nitrogen and oxygen atoms in total. The minimum atomic E-state index is -0.604. The standard InChI is InChI=1S/C13H23NO2/c1-10-12(13(15)16)8-5-9-14(10)11-6-3-2-4-7-11/h10-12H,2-9H2,1H3,(H,15,16)/t10-,12+/m1/s1. The van der Waals surface area contributed by atoms with Crippen LogP contribution in [0.25, 0.3) is 0 Å². The highest BCUT2D eigenvalue weighted by Crippen LogP contribution is 2.31. The molecule has 2 fully saturated rings. The number of piperidine rings is 1. The van der Waals surface area contributed by atoms with Crippen LogP contribution in [0.3, 0.4) is 0 Å². The van der Waals surface area contributed by atoms with Gasteiger partial charge in [-0.25, -0.2) is 0 Å². The molecule has 1 saturated heterocycles. The van der Waals surface area contributed by atoms with Crippen LogP contribution in [0.2, 0.25) is 0 Å². The van der Waals surface area contributed by atoms with E-state index >= 15 is 0 Å².